The summed E-state index contributed by atoms with van der Waals surface area (Å²) in [7, 11) is 0. The molecule has 0 heterocycles. The highest BCUT2D eigenvalue weighted by atomic mass is 16.1. The van der Waals surface area contributed by atoms with Gasteiger partial charge in [0.15, 0.2) is 0 Å². The van der Waals surface area contributed by atoms with Gasteiger partial charge in [0.25, 0.3) is 0 Å². The second-order valence-corrected chi connectivity index (χ2v) is 4.19. The smallest absolute Gasteiger partial charge is 0.211 e. The predicted molar refractivity (Wildman–Crippen MR) is 90.6 cm³/mol. The molecule has 0 fully saturated rings. The third kappa shape index (κ3) is 5.61. The van der Waals surface area contributed by atoms with E-state index >= 15 is 0 Å². The van der Waals surface area contributed by atoms with Crippen LogP contribution in [-0.2, 0) is 11.2 Å². The zero-order valence-corrected chi connectivity index (χ0v) is 12.8. The number of aliphatic imine (C=N–C) groups is 1. The molecule has 0 unspecified atom stereocenters. The zero-order valence-electron chi connectivity index (χ0n) is 12.8. The van der Waals surface area contributed by atoms with Gasteiger partial charge in [-0.15, -0.1) is 0 Å². The van der Waals surface area contributed by atoms with Crippen LogP contribution in [0, 0.1) is 0 Å². The lowest BCUT2D eigenvalue weighted by atomic mass is 10.0. The van der Waals surface area contributed by atoms with E-state index in [1.807, 2.05) is 57.2 Å². The van der Waals surface area contributed by atoms with E-state index in [4.69, 9.17) is 0 Å². The van der Waals surface area contributed by atoms with Crippen molar-refractivity contribution in [2.75, 3.05) is 5.32 Å². The molecule has 0 aromatic heterocycles. The van der Waals surface area contributed by atoms with Gasteiger partial charge in [-0.2, -0.15) is 0 Å². The largest absolute Gasteiger partial charge is 0.329 e. The monoisotopic (exact) mass is 282 g/mol. The van der Waals surface area contributed by atoms with Gasteiger partial charge < -0.3 is 5.32 Å². The number of benzene rings is 2. The number of rotatable bonds is 5. The fraction of sp³-hybridized carbons (Fsp3) is 0.222. The Balaban J connectivity index is 0.00000106. The molecule has 0 aliphatic heterocycles. The second-order valence-electron chi connectivity index (χ2n) is 4.19. The molecule has 2 rings (SSSR count). The minimum Gasteiger partial charge on any atom is -0.329 e. The molecular weight excluding hydrogens is 260 g/mol. The number of nitrogens with zero attached hydrogens (tertiary/aromatic N) is 1. The van der Waals surface area contributed by atoms with E-state index in [0.29, 0.717) is 6.41 Å². The van der Waals surface area contributed by atoms with E-state index in [9.17, 15) is 4.79 Å². The molecule has 2 aromatic rings. The van der Waals surface area contributed by atoms with Gasteiger partial charge in [-0.3, -0.25) is 9.79 Å². The van der Waals surface area contributed by atoms with Gasteiger partial charge in [0.2, 0.25) is 6.41 Å². The van der Waals surface area contributed by atoms with Crippen LogP contribution in [0.5, 0.6) is 0 Å². The number of anilines is 1. The molecule has 0 aliphatic rings. The van der Waals surface area contributed by atoms with E-state index in [2.05, 4.69) is 22.4 Å². The van der Waals surface area contributed by atoms with Crippen LogP contribution in [-0.4, -0.2) is 12.6 Å². The number of carbonyl (C=O) groups excluding carboxylic acids is 1. The first-order chi connectivity index (χ1) is 10.3. The minimum atomic E-state index is 0.683. The Morgan fingerprint density at radius 2 is 1.48 bits per heavy atom. The maximum Gasteiger partial charge on any atom is 0.211 e. The summed E-state index contributed by atoms with van der Waals surface area (Å²) in [5, 5.41) is 2.62. The molecule has 21 heavy (non-hydrogen) atoms. The first-order valence-electron chi connectivity index (χ1n) is 7.18. The van der Waals surface area contributed by atoms with Crippen molar-refractivity contribution in [3.05, 3.63) is 59.7 Å². The summed E-state index contributed by atoms with van der Waals surface area (Å²) in [4.78, 5) is 14.5. The van der Waals surface area contributed by atoms with E-state index in [-0.39, 0.29) is 0 Å². The van der Waals surface area contributed by atoms with E-state index in [1.165, 1.54) is 11.1 Å². The Labute approximate surface area is 126 Å². The van der Waals surface area contributed by atoms with Crippen LogP contribution in [0.2, 0.25) is 0 Å². The van der Waals surface area contributed by atoms with E-state index in [1.54, 1.807) is 6.21 Å². The van der Waals surface area contributed by atoms with Crippen LogP contribution >= 0.6 is 0 Å². The minimum absolute atomic E-state index is 0.683. The van der Waals surface area contributed by atoms with Crippen molar-refractivity contribution in [2.45, 2.75) is 27.2 Å². The molecule has 1 amide bonds. The molecular formula is C18H22N2O. The molecule has 3 nitrogen and oxygen atoms in total. The summed E-state index contributed by atoms with van der Waals surface area (Å²) >= 11 is 0. The quantitative estimate of drug-likeness (QED) is 0.632. The van der Waals surface area contributed by atoms with Crippen LogP contribution in [0.15, 0.2) is 53.5 Å². The maximum atomic E-state index is 10.3. The summed E-state index contributed by atoms with van der Waals surface area (Å²) in [5.41, 5.74) is 4.23. The van der Waals surface area contributed by atoms with Gasteiger partial charge in [0.1, 0.15) is 0 Å². The van der Waals surface area contributed by atoms with Crippen molar-refractivity contribution >= 4 is 24.0 Å². The standard InChI is InChI=1S/C16H16N2O.C2H6/c1-2-17-15-7-3-13(4-8-15)11-14-5-9-16(10-6-14)18-12-19;1-2/h2-10,12H,11H2,1H3,(H,18,19);1-2H3. The van der Waals surface area contributed by atoms with Crippen molar-refractivity contribution in [1.29, 1.82) is 0 Å². The van der Waals surface area contributed by atoms with Crippen molar-refractivity contribution < 1.29 is 4.79 Å². The molecule has 0 bridgehead atoms. The highest BCUT2D eigenvalue weighted by Gasteiger charge is 1.97. The van der Waals surface area contributed by atoms with Crippen molar-refractivity contribution in [3.63, 3.8) is 0 Å². The molecule has 0 saturated carbocycles. The molecule has 0 radical (unpaired) electrons. The number of amides is 1. The van der Waals surface area contributed by atoms with Gasteiger partial charge in [-0.1, -0.05) is 38.1 Å². The highest BCUT2D eigenvalue weighted by Crippen LogP contribution is 2.16. The Hall–Kier alpha value is -2.42. The first kappa shape index (κ1) is 16.6. The summed E-state index contributed by atoms with van der Waals surface area (Å²) in [6.07, 6.45) is 3.34. The normalized spacial score (nSPS) is 9.86. The lowest BCUT2D eigenvalue weighted by Gasteiger charge is -2.04. The lowest BCUT2D eigenvalue weighted by Crippen LogP contribution is -1.94. The summed E-state index contributed by atoms with van der Waals surface area (Å²) < 4.78 is 0. The molecule has 110 valence electrons. The van der Waals surface area contributed by atoms with E-state index in [0.717, 1.165) is 17.8 Å². The van der Waals surface area contributed by atoms with Crippen LogP contribution in [0.25, 0.3) is 0 Å². The van der Waals surface area contributed by atoms with Gasteiger partial charge >= 0.3 is 0 Å². The zero-order chi connectivity index (χ0) is 15.5. The molecule has 2 aromatic carbocycles. The van der Waals surface area contributed by atoms with Crippen molar-refractivity contribution in [2.24, 2.45) is 4.99 Å². The number of nitrogens with one attached hydrogen (secondary N) is 1. The van der Waals surface area contributed by atoms with Crippen LogP contribution in [0.3, 0.4) is 0 Å². The highest BCUT2D eigenvalue weighted by molar-refractivity contribution is 5.71. The maximum absolute atomic E-state index is 10.3. The average Bonchev–Trinajstić information content (AvgIpc) is 2.54. The van der Waals surface area contributed by atoms with Crippen molar-refractivity contribution in [1.82, 2.24) is 0 Å². The predicted octanol–water partition coefficient (Wildman–Crippen LogP) is 4.59. The van der Waals surface area contributed by atoms with E-state index < -0.39 is 0 Å². The molecule has 0 saturated heterocycles. The Kier molecular flexibility index (Phi) is 7.51. The van der Waals surface area contributed by atoms with Gasteiger partial charge in [-0.05, 0) is 48.7 Å². The molecule has 0 aliphatic carbocycles. The number of carbonyl (C=O) groups is 1. The lowest BCUT2D eigenvalue weighted by molar-refractivity contribution is -0.105. The first-order valence-corrected chi connectivity index (χ1v) is 7.18. The average molecular weight is 282 g/mol. The third-order valence-corrected chi connectivity index (χ3v) is 2.80. The molecule has 0 spiro atoms. The van der Waals surface area contributed by atoms with Crippen LogP contribution in [0.4, 0.5) is 11.4 Å². The Bertz CT molecular complexity index is 557. The fourth-order valence-corrected chi connectivity index (χ4v) is 1.87. The molecule has 3 heteroatoms. The Morgan fingerprint density at radius 1 is 0.952 bits per heavy atom. The van der Waals surface area contributed by atoms with Crippen LogP contribution < -0.4 is 5.32 Å². The third-order valence-electron chi connectivity index (χ3n) is 2.80. The van der Waals surface area contributed by atoms with Gasteiger partial charge in [0.05, 0.1) is 5.69 Å². The number of hydrogen-bond donors (Lipinski definition) is 1. The molecule has 0 atom stereocenters. The fourth-order valence-electron chi connectivity index (χ4n) is 1.87. The summed E-state index contributed by atoms with van der Waals surface area (Å²) in [6.45, 7) is 5.91. The topological polar surface area (TPSA) is 41.5 Å². The summed E-state index contributed by atoms with van der Waals surface area (Å²) in [6, 6.07) is 16.0. The number of hydrogen-bond acceptors (Lipinski definition) is 2. The molecule has 1 N–H and O–H groups in total. The Morgan fingerprint density at radius 3 is 1.95 bits per heavy atom. The van der Waals surface area contributed by atoms with Crippen molar-refractivity contribution in [3.8, 4) is 0 Å². The summed E-state index contributed by atoms with van der Waals surface area (Å²) in [5.74, 6) is 0. The second kappa shape index (κ2) is 9.48. The van der Waals surface area contributed by atoms with Gasteiger partial charge in [0, 0.05) is 11.9 Å². The van der Waals surface area contributed by atoms with Crippen LogP contribution in [0.1, 0.15) is 31.9 Å². The van der Waals surface area contributed by atoms with Gasteiger partial charge in [-0.25, -0.2) is 0 Å². The SMILES string of the molecule is CC.CC=Nc1ccc(Cc2ccc(NC=O)cc2)cc1.